The summed E-state index contributed by atoms with van der Waals surface area (Å²) in [6.07, 6.45) is 2.38. The van der Waals surface area contributed by atoms with Crippen LogP contribution in [0.3, 0.4) is 0 Å². The van der Waals surface area contributed by atoms with Crippen LogP contribution in [-0.2, 0) is 9.53 Å². The monoisotopic (exact) mass is 388 g/mol. The number of piperidine rings is 1. The summed E-state index contributed by atoms with van der Waals surface area (Å²) in [6.45, 7) is 6.96. The highest BCUT2D eigenvalue weighted by Crippen LogP contribution is 2.33. The number of ether oxygens (including phenoxy) is 2. The normalized spacial score (nSPS) is 25.0. The molecule has 152 valence electrons. The van der Waals surface area contributed by atoms with Crippen LogP contribution in [0.25, 0.3) is 0 Å². The van der Waals surface area contributed by atoms with Crippen molar-refractivity contribution in [2.24, 2.45) is 5.92 Å². The smallest absolute Gasteiger partial charge is 0.338 e. The Morgan fingerprint density at radius 1 is 1.32 bits per heavy atom. The highest BCUT2D eigenvalue weighted by atomic mass is 16.5. The van der Waals surface area contributed by atoms with Gasteiger partial charge in [0.25, 0.3) is 0 Å². The first-order chi connectivity index (χ1) is 13.5. The van der Waals surface area contributed by atoms with E-state index in [2.05, 4.69) is 17.6 Å². The lowest BCUT2D eigenvalue weighted by molar-refractivity contribution is -0.904. The Kier molecular flexibility index (Phi) is 6.57. The standard InChI is InChI=1S/C21H29N3O4/c1-4-28-20(25)18-16(13-24-11-7-8-14(2)12-24)22-21(26)23-19(18)15-9-5-6-10-17(15)27-3/h5-6,9-10,14,19H,4,7-8,11-13H2,1-3H3,(H2,22,23,26)/p+1/t14-,19-/m0/s1. The number of benzene rings is 1. The van der Waals surface area contributed by atoms with E-state index in [9.17, 15) is 9.59 Å². The molecule has 1 aromatic carbocycles. The molecule has 1 saturated heterocycles. The van der Waals surface area contributed by atoms with Gasteiger partial charge in [-0.15, -0.1) is 0 Å². The molecule has 2 aliphatic heterocycles. The number of rotatable bonds is 6. The van der Waals surface area contributed by atoms with Gasteiger partial charge in [-0.3, -0.25) is 0 Å². The van der Waals surface area contributed by atoms with Crippen molar-refractivity contribution in [1.82, 2.24) is 10.6 Å². The first-order valence-electron chi connectivity index (χ1n) is 9.97. The number of esters is 1. The average molecular weight is 388 g/mol. The van der Waals surface area contributed by atoms with Gasteiger partial charge in [0.05, 0.1) is 44.1 Å². The number of carbonyl (C=O) groups is 2. The van der Waals surface area contributed by atoms with E-state index in [-0.39, 0.29) is 12.6 Å². The summed E-state index contributed by atoms with van der Waals surface area (Å²) in [5.74, 6) is 0.845. The second-order valence-electron chi connectivity index (χ2n) is 7.51. The molecule has 2 heterocycles. The van der Waals surface area contributed by atoms with Crippen molar-refractivity contribution in [2.75, 3.05) is 33.4 Å². The van der Waals surface area contributed by atoms with E-state index in [0.717, 1.165) is 25.1 Å². The van der Waals surface area contributed by atoms with E-state index < -0.39 is 12.0 Å². The van der Waals surface area contributed by atoms with Crippen molar-refractivity contribution in [2.45, 2.75) is 32.7 Å². The lowest BCUT2D eigenvalue weighted by Crippen LogP contribution is -3.14. The van der Waals surface area contributed by atoms with Gasteiger partial charge in [0.2, 0.25) is 0 Å². The van der Waals surface area contributed by atoms with Gasteiger partial charge in [0.1, 0.15) is 12.3 Å². The Bertz CT molecular complexity index is 762. The van der Waals surface area contributed by atoms with Crippen molar-refractivity contribution < 1.29 is 24.0 Å². The number of quaternary nitrogens is 1. The highest BCUT2D eigenvalue weighted by Gasteiger charge is 2.37. The topological polar surface area (TPSA) is 81.1 Å². The fraction of sp³-hybridized carbons (Fsp3) is 0.524. The number of hydrogen-bond acceptors (Lipinski definition) is 4. The van der Waals surface area contributed by atoms with Crippen molar-refractivity contribution in [3.63, 3.8) is 0 Å². The molecule has 0 aliphatic carbocycles. The van der Waals surface area contributed by atoms with Gasteiger partial charge in [-0.05, 0) is 25.8 Å². The molecule has 3 rings (SSSR count). The SMILES string of the molecule is CCOC(=O)C1=C(C[NH+]2CCC[C@H](C)C2)NC(=O)N[C@H]1c1ccccc1OC. The van der Waals surface area contributed by atoms with Gasteiger partial charge in [-0.1, -0.05) is 25.1 Å². The zero-order valence-corrected chi connectivity index (χ0v) is 16.8. The first-order valence-corrected chi connectivity index (χ1v) is 9.97. The van der Waals surface area contributed by atoms with E-state index in [1.54, 1.807) is 14.0 Å². The number of hydrogen-bond donors (Lipinski definition) is 3. The van der Waals surface area contributed by atoms with E-state index >= 15 is 0 Å². The van der Waals surface area contributed by atoms with Crippen molar-refractivity contribution >= 4 is 12.0 Å². The van der Waals surface area contributed by atoms with Gasteiger partial charge in [-0.2, -0.15) is 0 Å². The molecule has 0 radical (unpaired) electrons. The number of likely N-dealkylation sites (tertiary alicyclic amines) is 1. The molecule has 1 fully saturated rings. The van der Waals surface area contributed by atoms with Crippen molar-refractivity contribution in [1.29, 1.82) is 0 Å². The van der Waals surface area contributed by atoms with Gasteiger partial charge in [0, 0.05) is 11.5 Å². The molecule has 0 spiro atoms. The fourth-order valence-electron chi connectivity index (χ4n) is 4.15. The Morgan fingerprint density at radius 2 is 2.11 bits per heavy atom. The molecule has 3 N–H and O–H groups in total. The fourth-order valence-corrected chi connectivity index (χ4v) is 4.15. The zero-order valence-electron chi connectivity index (χ0n) is 16.8. The lowest BCUT2D eigenvalue weighted by Gasteiger charge is -2.33. The van der Waals surface area contributed by atoms with E-state index in [4.69, 9.17) is 9.47 Å². The minimum Gasteiger partial charge on any atom is -0.496 e. The molecular formula is C21H30N3O4+. The summed E-state index contributed by atoms with van der Waals surface area (Å²) in [5, 5.41) is 5.75. The van der Waals surface area contributed by atoms with E-state index in [0.29, 0.717) is 29.5 Å². The summed E-state index contributed by atoms with van der Waals surface area (Å²) >= 11 is 0. The Hall–Kier alpha value is -2.54. The number of amides is 2. The van der Waals surface area contributed by atoms with Crippen LogP contribution in [0.4, 0.5) is 4.79 Å². The van der Waals surface area contributed by atoms with Gasteiger partial charge in [0.15, 0.2) is 0 Å². The molecule has 1 aromatic rings. The molecule has 0 saturated carbocycles. The molecule has 0 bridgehead atoms. The quantitative estimate of drug-likeness (QED) is 0.640. The lowest BCUT2D eigenvalue weighted by atomic mass is 9.93. The third-order valence-corrected chi connectivity index (χ3v) is 5.39. The molecular weight excluding hydrogens is 358 g/mol. The second kappa shape index (κ2) is 9.10. The largest absolute Gasteiger partial charge is 0.496 e. The minimum atomic E-state index is -0.611. The molecule has 1 unspecified atom stereocenters. The van der Waals surface area contributed by atoms with Crippen LogP contribution in [0.1, 0.15) is 38.3 Å². The van der Waals surface area contributed by atoms with Gasteiger partial charge >= 0.3 is 12.0 Å². The van der Waals surface area contributed by atoms with Crippen molar-refractivity contribution in [3.05, 3.63) is 41.1 Å². The maximum Gasteiger partial charge on any atom is 0.338 e. The number of methoxy groups -OCH3 is 1. The first kappa shape index (κ1) is 20.2. The zero-order chi connectivity index (χ0) is 20.1. The van der Waals surface area contributed by atoms with Crippen molar-refractivity contribution in [3.8, 4) is 5.75 Å². The van der Waals surface area contributed by atoms with Gasteiger partial charge < -0.3 is 25.0 Å². The number of nitrogens with one attached hydrogen (secondary N) is 3. The Balaban J connectivity index is 2.01. The summed E-state index contributed by atoms with van der Waals surface area (Å²) < 4.78 is 10.8. The van der Waals surface area contributed by atoms with Crippen LogP contribution in [0.15, 0.2) is 35.5 Å². The summed E-state index contributed by atoms with van der Waals surface area (Å²) in [6, 6.07) is 6.49. The maximum absolute atomic E-state index is 12.9. The van der Waals surface area contributed by atoms with Crippen LogP contribution in [0, 0.1) is 5.92 Å². The third kappa shape index (κ3) is 4.47. The molecule has 7 nitrogen and oxygen atoms in total. The molecule has 28 heavy (non-hydrogen) atoms. The Labute approximate surface area is 166 Å². The van der Waals surface area contributed by atoms with E-state index in [1.165, 1.54) is 11.3 Å². The molecule has 0 aromatic heterocycles. The van der Waals surface area contributed by atoms with E-state index in [1.807, 2.05) is 24.3 Å². The Morgan fingerprint density at radius 3 is 2.82 bits per heavy atom. The predicted molar refractivity (Wildman–Crippen MR) is 105 cm³/mol. The summed E-state index contributed by atoms with van der Waals surface area (Å²) in [5.41, 5.74) is 1.83. The summed E-state index contributed by atoms with van der Waals surface area (Å²) in [7, 11) is 1.58. The maximum atomic E-state index is 12.9. The predicted octanol–water partition coefficient (Wildman–Crippen LogP) is 1.18. The van der Waals surface area contributed by atoms with Crippen LogP contribution in [-0.4, -0.2) is 45.4 Å². The molecule has 7 heteroatoms. The average Bonchev–Trinajstić information content (AvgIpc) is 2.67. The van der Waals surface area contributed by atoms with Crippen LogP contribution < -0.4 is 20.3 Å². The molecule has 2 aliphatic rings. The third-order valence-electron chi connectivity index (χ3n) is 5.39. The van der Waals surface area contributed by atoms with Crippen LogP contribution in [0.2, 0.25) is 0 Å². The number of carbonyl (C=O) groups excluding carboxylic acids is 2. The minimum absolute atomic E-state index is 0.274. The highest BCUT2D eigenvalue weighted by molar-refractivity contribution is 5.95. The van der Waals surface area contributed by atoms with Crippen LogP contribution >= 0.6 is 0 Å². The summed E-state index contributed by atoms with van der Waals surface area (Å²) in [4.78, 5) is 26.7. The number of para-hydroxylation sites is 1. The molecule has 3 atom stereocenters. The van der Waals surface area contributed by atoms with Crippen LogP contribution in [0.5, 0.6) is 5.75 Å². The molecule has 2 amide bonds. The van der Waals surface area contributed by atoms with Gasteiger partial charge in [-0.25, -0.2) is 9.59 Å². The number of urea groups is 1. The second-order valence-corrected chi connectivity index (χ2v) is 7.51.